The lowest BCUT2D eigenvalue weighted by Gasteiger charge is -2.12. The number of fused-ring (bicyclic) bond motifs is 1. The molecular formula is C21H18ClN5O5S. The summed E-state index contributed by atoms with van der Waals surface area (Å²) in [5, 5.41) is 21.5. The van der Waals surface area contributed by atoms with Crippen molar-refractivity contribution in [1.29, 1.82) is 0 Å². The molecule has 0 amide bonds. The lowest BCUT2D eigenvalue weighted by atomic mass is 10.1. The van der Waals surface area contributed by atoms with Crippen molar-refractivity contribution in [2.24, 2.45) is 0 Å². The highest BCUT2D eigenvalue weighted by atomic mass is 35.5. The van der Waals surface area contributed by atoms with Crippen LogP contribution in [-0.4, -0.2) is 49.8 Å². The Balaban J connectivity index is 1.70. The average molecular weight is 488 g/mol. The van der Waals surface area contributed by atoms with Gasteiger partial charge in [-0.05, 0) is 42.5 Å². The zero-order valence-corrected chi connectivity index (χ0v) is 19.1. The van der Waals surface area contributed by atoms with Crippen LogP contribution in [0.5, 0.6) is 11.5 Å². The number of hydrogen-bond acceptors (Lipinski definition) is 7. The topological polar surface area (TPSA) is 124 Å². The Morgan fingerprint density at radius 1 is 1.24 bits per heavy atom. The van der Waals surface area contributed by atoms with Gasteiger partial charge in [-0.2, -0.15) is 10.2 Å². The van der Waals surface area contributed by atoms with E-state index in [0.29, 0.717) is 45.0 Å². The Morgan fingerprint density at radius 3 is 2.70 bits per heavy atom. The second-order valence-electron chi connectivity index (χ2n) is 6.94. The number of carbonyl (C=O) groups is 1. The van der Waals surface area contributed by atoms with Crippen LogP contribution in [0.4, 0.5) is 0 Å². The molecule has 2 heterocycles. The maximum absolute atomic E-state index is 13.1. The number of aromatic nitrogens is 5. The Labute approximate surface area is 197 Å². The van der Waals surface area contributed by atoms with E-state index in [1.54, 1.807) is 29.0 Å². The van der Waals surface area contributed by atoms with Crippen LogP contribution < -0.4 is 15.0 Å². The van der Waals surface area contributed by atoms with Crippen LogP contribution in [0.15, 0.2) is 41.3 Å². The molecule has 33 heavy (non-hydrogen) atoms. The maximum atomic E-state index is 13.1. The number of benzene rings is 2. The SMILES string of the molecule is COc1ccc2cnn(CCc3n[nH]c(=S)n3-c3ccc(C(=O)O)c(Cl)c3)c(=O)c2c1OC. The number of rotatable bonds is 7. The third kappa shape index (κ3) is 4.08. The van der Waals surface area contributed by atoms with Gasteiger partial charge < -0.3 is 14.6 Å². The molecule has 4 rings (SSSR count). The summed E-state index contributed by atoms with van der Waals surface area (Å²) in [6.45, 7) is 0.204. The Kier molecular flexibility index (Phi) is 6.16. The highest BCUT2D eigenvalue weighted by Crippen LogP contribution is 2.32. The van der Waals surface area contributed by atoms with Crippen molar-refractivity contribution in [1.82, 2.24) is 24.5 Å². The van der Waals surface area contributed by atoms with Crippen molar-refractivity contribution in [2.75, 3.05) is 14.2 Å². The first kappa shape index (κ1) is 22.5. The highest BCUT2D eigenvalue weighted by molar-refractivity contribution is 7.71. The number of H-pyrrole nitrogens is 1. The Hall–Kier alpha value is -3.70. The van der Waals surface area contributed by atoms with Crippen LogP contribution in [0.1, 0.15) is 16.2 Å². The van der Waals surface area contributed by atoms with E-state index >= 15 is 0 Å². The van der Waals surface area contributed by atoms with Crippen molar-refractivity contribution in [2.45, 2.75) is 13.0 Å². The number of nitrogens with zero attached hydrogens (tertiary/aromatic N) is 4. The predicted molar refractivity (Wildman–Crippen MR) is 124 cm³/mol. The van der Waals surface area contributed by atoms with Gasteiger partial charge in [-0.3, -0.25) is 14.5 Å². The van der Waals surface area contributed by atoms with E-state index < -0.39 is 5.97 Å². The van der Waals surface area contributed by atoms with Crippen LogP contribution in [0, 0.1) is 4.77 Å². The third-order valence-corrected chi connectivity index (χ3v) is 5.68. The summed E-state index contributed by atoms with van der Waals surface area (Å²) >= 11 is 11.4. The van der Waals surface area contributed by atoms with Gasteiger partial charge in [0.1, 0.15) is 5.82 Å². The number of carboxylic acid groups (broad SMARTS) is 1. The quantitative estimate of drug-likeness (QED) is 0.381. The van der Waals surface area contributed by atoms with E-state index in [9.17, 15) is 14.7 Å². The zero-order valence-electron chi connectivity index (χ0n) is 17.5. The number of methoxy groups -OCH3 is 2. The number of aromatic carboxylic acids is 1. The molecule has 0 spiro atoms. The number of aryl methyl sites for hydroxylation is 2. The molecule has 0 radical (unpaired) electrons. The Bertz CT molecular complexity index is 1490. The molecule has 0 atom stereocenters. The number of ether oxygens (including phenoxy) is 2. The summed E-state index contributed by atoms with van der Waals surface area (Å²) in [5.74, 6) is 0.177. The molecule has 0 saturated heterocycles. The first-order valence-electron chi connectivity index (χ1n) is 9.66. The molecule has 0 aliphatic rings. The van der Waals surface area contributed by atoms with Crippen molar-refractivity contribution < 1.29 is 19.4 Å². The summed E-state index contributed by atoms with van der Waals surface area (Å²) in [6.07, 6.45) is 1.89. The van der Waals surface area contributed by atoms with Gasteiger partial charge in [-0.1, -0.05) is 11.6 Å². The van der Waals surface area contributed by atoms with Crippen LogP contribution in [0.3, 0.4) is 0 Å². The molecule has 170 valence electrons. The van der Waals surface area contributed by atoms with Gasteiger partial charge in [0.2, 0.25) is 0 Å². The van der Waals surface area contributed by atoms with Gasteiger partial charge in [0.05, 0.1) is 48.6 Å². The molecule has 0 unspecified atom stereocenters. The highest BCUT2D eigenvalue weighted by Gasteiger charge is 2.17. The van der Waals surface area contributed by atoms with E-state index in [2.05, 4.69) is 15.3 Å². The standard InChI is InChI=1S/C21H18ClN5O5S/c1-31-15-6-3-11-10-23-26(19(28)17(11)18(15)32-2)8-7-16-24-25-21(33)27(16)12-4-5-13(20(29)30)14(22)9-12/h3-6,9-10H,7-8H2,1-2H3,(H,25,33)(H,29,30). The van der Waals surface area contributed by atoms with Crippen molar-refractivity contribution >= 4 is 40.6 Å². The van der Waals surface area contributed by atoms with E-state index in [1.165, 1.54) is 31.0 Å². The summed E-state index contributed by atoms with van der Waals surface area (Å²) < 4.78 is 13.9. The van der Waals surface area contributed by atoms with Crippen molar-refractivity contribution in [3.63, 3.8) is 0 Å². The molecule has 2 aromatic heterocycles. The molecule has 10 nitrogen and oxygen atoms in total. The van der Waals surface area contributed by atoms with Crippen LogP contribution in [0.25, 0.3) is 16.5 Å². The molecule has 0 bridgehead atoms. The lowest BCUT2D eigenvalue weighted by Crippen LogP contribution is -2.24. The zero-order chi connectivity index (χ0) is 23.7. The number of halogens is 1. The molecule has 2 aromatic carbocycles. The van der Waals surface area contributed by atoms with E-state index in [-0.39, 0.29) is 22.7 Å². The van der Waals surface area contributed by atoms with Gasteiger partial charge >= 0.3 is 5.97 Å². The fourth-order valence-corrected chi connectivity index (χ4v) is 4.04. The van der Waals surface area contributed by atoms with Gasteiger partial charge in [0.25, 0.3) is 5.56 Å². The maximum Gasteiger partial charge on any atom is 0.337 e. The summed E-state index contributed by atoms with van der Waals surface area (Å²) in [7, 11) is 2.97. The second kappa shape index (κ2) is 9.04. The van der Waals surface area contributed by atoms with E-state index in [1.807, 2.05) is 0 Å². The number of nitrogens with one attached hydrogen (secondary N) is 1. The fourth-order valence-electron chi connectivity index (χ4n) is 3.53. The average Bonchev–Trinajstić information content (AvgIpc) is 3.17. The number of hydrogen-bond donors (Lipinski definition) is 2. The molecule has 4 aromatic rings. The van der Waals surface area contributed by atoms with Crippen LogP contribution in [0.2, 0.25) is 5.02 Å². The Morgan fingerprint density at radius 2 is 2.03 bits per heavy atom. The van der Waals surface area contributed by atoms with Gasteiger partial charge in [0, 0.05) is 11.8 Å². The summed E-state index contributed by atoms with van der Waals surface area (Å²) in [5.41, 5.74) is 0.190. The first-order chi connectivity index (χ1) is 15.8. The van der Waals surface area contributed by atoms with Crippen LogP contribution in [-0.2, 0) is 13.0 Å². The van der Waals surface area contributed by atoms with Crippen LogP contribution >= 0.6 is 23.8 Å². The third-order valence-electron chi connectivity index (χ3n) is 5.09. The predicted octanol–water partition coefficient (Wildman–Crippen LogP) is 3.25. The molecular weight excluding hydrogens is 470 g/mol. The molecule has 0 fully saturated rings. The monoisotopic (exact) mass is 487 g/mol. The van der Waals surface area contributed by atoms with Gasteiger partial charge in [0.15, 0.2) is 16.3 Å². The normalized spacial score (nSPS) is 11.0. The molecule has 2 N–H and O–H groups in total. The van der Waals surface area contributed by atoms with Gasteiger partial charge in [-0.25, -0.2) is 9.48 Å². The van der Waals surface area contributed by atoms with Crippen molar-refractivity contribution in [3.8, 4) is 17.2 Å². The first-order valence-corrected chi connectivity index (χ1v) is 10.4. The van der Waals surface area contributed by atoms with E-state index in [4.69, 9.17) is 33.3 Å². The number of carboxylic acids is 1. The molecule has 0 saturated carbocycles. The van der Waals surface area contributed by atoms with Crippen molar-refractivity contribution in [3.05, 3.63) is 68.1 Å². The second-order valence-corrected chi connectivity index (χ2v) is 7.73. The minimum absolute atomic E-state index is 0.0201. The van der Waals surface area contributed by atoms with E-state index in [0.717, 1.165) is 0 Å². The lowest BCUT2D eigenvalue weighted by molar-refractivity contribution is 0.0697. The minimum Gasteiger partial charge on any atom is -0.493 e. The minimum atomic E-state index is -1.13. The largest absolute Gasteiger partial charge is 0.493 e. The van der Waals surface area contributed by atoms with Gasteiger partial charge in [-0.15, -0.1) is 0 Å². The summed E-state index contributed by atoms with van der Waals surface area (Å²) in [6, 6.07) is 7.93. The molecule has 0 aliphatic carbocycles. The fraction of sp³-hybridized carbons (Fsp3) is 0.190. The molecule has 12 heteroatoms. The number of aromatic amines is 1. The molecule has 0 aliphatic heterocycles. The smallest absolute Gasteiger partial charge is 0.337 e. The summed E-state index contributed by atoms with van der Waals surface area (Å²) in [4.78, 5) is 24.4.